The third-order valence-corrected chi connectivity index (χ3v) is 21.0. The minimum Gasteiger partial charge on any atom is -0.480 e. The Balaban J connectivity index is 1.04. The van der Waals surface area contributed by atoms with Gasteiger partial charge in [-0.05, 0) is 113 Å². The van der Waals surface area contributed by atoms with Crippen molar-refractivity contribution in [3.05, 3.63) is 108 Å². The number of nitrogens with zero attached hydrogens (tertiary/aromatic N) is 2. The number of carbonyl (C=O) groups excluding carboxylic acids is 13. The van der Waals surface area contributed by atoms with Crippen LogP contribution in [0.4, 0.5) is 0 Å². The van der Waals surface area contributed by atoms with Gasteiger partial charge in [-0.3, -0.25) is 73.1 Å². The highest BCUT2D eigenvalue weighted by atomic mass is 32.1. The average Bonchev–Trinajstić information content (AvgIpc) is 1.70. The van der Waals surface area contributed by atoms with E-state index in [2.05, 4.69) is 104 Å². The average molecular weight is 1690 g/mol. The van der Waals surface area contributed by atoms with Crippen LogP contribution >= 0.6 is 25.3 Å². The van der Waals surface area contributed by atoms with Crippen LogP contribution in [0.3, 0.4) is 0 Å². The lowest BCUT2D eigenvalue weighted by atomic mass is 10.0. The van der Waals surface area contributed by atoms with Crippen molar-refractivity contribution in [1.82, 2.24) is 88.9 Å². The number of aliphatic carboxylic acids is 1. The summed E-state index contributed by atoms with van der Waals surface area (Å²) in [6.07, 6.45) is 1.07. The largest absolute Gasteiger partial charge is 0.480 e. The van der Waals surface area contributed by atoms with E-state index in [-0.39, 0.29) is 126 Å². The minimum absolute atomic E-state index is 0.00211. The molecule has 2 aliphatic rings. The molecule has 7 rings (SSSR count). The number of nitrogens with two attached hydrogens (primary N) is 3. The van der Waals surface area contributed by atoms with E-state index in [0.29, 0.717) is 44.9 Å². The number of rotatable bonds is 45. The number of hydrogen-bond acceptors (Lipinski definition) is 21. The highest BCUT2D eigenvalue weighted by Gasteiger charge is 2.45. The van der Waals surface area contributed by atoms with Crippen LogP contribution in [0, 0.1) is 16.7 Å². The number of likely N-dealkylation sites (tertiary alicyclic amines) is 2. The number of carboxylic acids is 1. The van der Waals surface area contributed by atoms with Gasteiger partial charge in [-0.2, -0.15) is 25.3 Å². The Morgan fingerprint density at radius 1 is 0.487 bits per heavy atom. The summed E-state index contributed by atoms with van der Waals surface area (Å²) in [6, 6.07) is 4.74. The Morgan fingerprint density at radius 3 is 1.45 bits per heavy atom. The molecule has 0 bridgehead atoms. The summed E-state index contributed by atoms with van der Waals surface area (Å²) < 4.78 is 0. The Bertz CT molecular complexity index is 4410. The van der Waals surface area contributed by atoms with Crippen LogP contribution in [0.1, 0.15) is 109 Å². The molecule has 15 atom stereocenters. The maximum atomic E-state index is 15.0. The zero-order chi connectivity index (χ0) is 87.3. The predicted octanol–water partition coefficient (Wildman–Crippen LogP) is -3.75. The molecule has 26 N–H and O–H groups in total. The second kappa shape index (κ2) is 46.0. The molecule has 0 spiro atoms. The van der Waals surface area contributed by atoms with Gasteiger partial charge in [0.15, 0.2) is 11.9 Å². The molecule has 0 saturated carbocycles. The zero-order valence-electron chi connectivity index (χ0n) is 66.9. The summed E-state index contributed by atoms with van der Waals surface area (Å²) in [6.45, 7) is 7.01. The molecule has 2 aromatic heterocycles. The molecule has 4 heterocycles. The molecule has 0 unspecified atom stereocenters. The standard InChI is InChI=1S/C78H112N22O17S2/c1-40(2)31-53(67(107)97-58(39-119)74(114)99-29-15-26-60(99)72(112)98-63(43(5)102)75(115)100-30-16-25-59(100)71(111)96-57(38-118)70(110)92-52(76(116)117)24-14-28-85-78(82)83)94-68(108)54(32-44-17-7-6-8-18-44)93-64(104)41(3)89-66(106)56(34-46-36-87-50-22-12-10-20-48(46)50)95-69(109)55(33-45-35-86-49-21-11-9-19-47(45)49)90-61(103)37-88-65(105)51(23-13-27-84-77(80)81)91-73(113)62(79)42(4)101/h6-12,17-22,35-36,40-43,51-60,62-63,86-87,101-102,118-119H,13-16,23-34,37-39,79H2,1-5H3,(H,88,105)(H,89,106)(H,90,103)(H,91,113)(H,92,110)(H,93,104)(H,94,108)(H,95,109)(H,96,111)(H,97,107)(H,98,112)(H,116,117)(H4,80,81,84)(H4,82,83,85)/t41-,42+,43+,51-,52-,53-,54-,55-,56-,57-,58-,59-,60-,62-,63-/m0/s1. The van der Waals surface area contributed by atoms with E-state index in [1.165, 1.54) is 25.7 Å². The van der Waals surface area contributed by atoms with Gasteiger partial charge in [0.1, 0.15) is 78.5 Å². The summed E-state index contributed by atoms with van der Waals surface area (Å²) in [7, 11) is 0. The van der Waals surface area contributed by atoms with Gasteiger partial charge in [0.05, 0.1) is 18.8 Å². The summed E-state index contributed by atoms with van der Waals surface area (Å²) in [5.74, 6) is -13.9. The Hall–Kier alpha value is -11.6. The Morgan fingerprint density at radius 2 is 0.933 bits per heavy atom. The first-order chi connectivity index (χ1) is 56.6. The SMILES string of the molecule is CC(C)C[C@H](NC(=O)[C@H](Cc1ccccc1)NC(=O)[C@H](C)NC(=O)[C@H](Cc1c[nH]c2ccccc12)NC(=O)[C@H](Cc1c[nH]c2ccccc12)NC(=O)CNC(=O)[C@H](CCCNC(=N)N)NC(=O)[C@@H](N)[C@@H](C)O)C(=O)N[C@@H](CS)C(=O)N1CCC[C@H]1C(=O)N[C@H](C(=O)N1CCC[C@H]1C(=O)N[C@@H](CS)C(=O)N[C@@H](CCCNC(=N)N)C(=O)O)[C@@H](C)O. The normalized spacial score (nSPS) is 17.1. The van der Waals surface area contributed by atoms with Gasteiger partial charge in [0.2, 0.25) is 76.8 Å². The lowest BCUT2D eigenvalue weighted by Gasteiger charge is -2.33. The second-order valence-electron chi connectivity index (χ2n) is 30.0. The number of fused-ring (bicyclic) bond motifs is 2. The van der Waals surface area contributed by atoms with Gasteiger partial charge < -0.3 is 121 Å². The molecule has 0 aliphatic carbocycles. The molecular weight excluding hydrogens is 1580 g/mol. The van der Waals surface area contributed by atoms with Gasteiger partial charge in [-0.1, -0.05) is 80.6 Å². The number of aromatic amines is 2. The fourth-order valence-corrected chi connectivity index (χ4v) is 14.4. The molecule has 2 aliphatic heterocycles. The molecule has 648 valence electrons. The van der Waals surface area contributed by atoms with Crippen molar-refractivity contribution < 1.29 is 82.4 Å². The number of hydrogen-bond donors (Lipinski definition) is 25. The molecule has 3 aromatic carbocycles. The summed E-state index contributed by atoms with van der Waals surface area (Å²) in [4.78, 5) is 206. The number of carboxylic acid groups (broad SMARTS) is 1. The van der Waals surface area contributed by atoms with E-state index < -0.39 is 180 Å². The third-order valence-electron chi connectivity index (χ3n) is 20.3. The maximum Gasteiger partial charge on any atom is 0.326 e. The van der Waals surface area contributed by atoms with Crippen LogP contribution in [-0.4, -0.2) is 265 Å². The number of carbonyl (C=O) groups is 14. The van der Waals surface area contributed by atoms with Gasteiger partial charge in [-0.15, -0.1) is 0 Å². The van der Waals surface area contributed by atoms with Crippen molar-refractivity contribution in [2.75, 3.05) is 44.2 Å². The Labute approximate surface area is 698 Å². The number of H-pyrrole nitrogens is 2. The van der Waals surface area contributed by atoms with Crippen LogP contribution in [0.15, 0.2) is 91.3 Å². The number of aliphatic hydroxyl groups excluding tert-OH is 2. The van der Waals surface area contributed by atoms with E-state index in [1.54, 1.807) is 105 Å². The molecular formula is C78H112N22O17S2. The highest BCUT2D eigenvalue weighted by Crippen LogP contribution is 2.25. The van der Waals surface area contributed by atoms with E-state index >= 15 is 4.79 Å². The third kappa shape index (κ3) is 28.1. The number of amides is 13. The first-order valence-corrected chi connectivity index (χ1v) is 40.6. The van der Waals surface area contributed by atoms with E-state index in [1.807, 2.05) is 0 Å². The quantitative estimate of drug-likeness (QED) is 0.00770. The molecule has 5 aromatic rings. The van der Waals surface area contributed by atoms with Crippen LogP contribution in [0.2, 0.25) is 0 Å². The maximum absolute atomic E-state index is 15.0. The molecule has 39 nitrogen and oxygen atoms in total. The predicted molar refractivity (Wildman–Crippen MR) is 446 cm³/mol. The van der Waals surface area contributed by atoms with Crippen LogP contribution in [-0.2, 0) is 86.4 Å². The number of thiol groups is 2. The minimum atomic E-state index is -1.65. The summed E-state index contributed by atoms with van der Waals surface area (Å²) in [5, 5.41) is 80.9. The number of benzene rings is 3. The number of aliphatic hydroxyl groups is 2. The summed E-state index contributed by atoms with van der Waals surface area (Å²) in [5.41, 5.74) is 19.7. The lowest BCUT2D eigenvalue weighted by Crippen LogP contribution is -2.62. The first kappa shape index (κ1) is 94.6. The summed E-state index contributed by atoms with van der Waals surface area (Å²) >= 11 is 8.62. The van der Waals surface area contributed by atoms with Crippen molar-refractivity contribution in [3.63, 3.8) is 0 Å². The van der Waals surface area contributed by atoms with E-state index in [4.69, 9.17) is 28.0 Å². The number of guanidine groups is 2. The highest BCUT2D eigenvalue weighted by molar-refractivity contribution is 7.80. The lowest BCUT2D eigenvalue weighted by molar-refractivity contribution is -0.146. The fraction of sp³-hybridized carbons (Fsp3) is 0.513. The molecule has 2 fully saturated rings. The first-order valence-electron chi connectivity index (χ1n) is 39.4. The second-order valence-corrected chi connectivity index (χ2v) is 30.7. The Kier molecular flexibility index (Phi) is 36.5. The van der Waals surface area contributed by atoms with Crippen molar-refractivity contribution >= 4 is 142 Å². The van der Waals surface area contributed by atoms with Gasteiger partial charge in [0, 0.05) is 91.1 Å². The molecule has 0 radical (unpaired) electrons. The molecule has 2 saturated heterocycles. The number of para-hydroxylation sites is 2. The number of aromatic nitrogens is 2. The molecule has 119 heavy (non-hydrogen) atoms. The van der Waals surface area contributed by atoms with Gasteiger partial charge in [-0.25, -0.2) is 4.79 Å². The van der Waals surface area contributed by atoms with E-state index in [0.717, 1.165) is 4.90 Å². The molecule has 41 heteroatoms. The number of nitrogens with one attached hydrogen (secondary N) is 17. The smallest absolute Gasteiger partial charge is 0.326 e. The van der Waals surface area contributed by atoms with Gasteiger partial charge >= 0.3 is 5.97 Å². The van der Waals surface area contributed by atoms with Gasteiger partial charge in [0.25, 0.3) is 0 Å². The van der Waals surface area contributed by atoms with Crippen LogP contribution in [0.25, 0.3) is 21.8 Å². The monoisotopic (exact) mass is 1690 g/mol. The fourth-order valence-electron chi connectivity index (χ4n) is 13.9. The zero-order valence-corrected chi connectivity index (χ0v) is 68.7. The van der Waals surface area contributed by atoms with Crippen molar-refractivity contribution in [2.24, 2.45) is 23.1 Å². The van der Waals surface area contributed by atoms with Crippen molar-refractivity contribution in [1.29, 1.82) is 10.8 Å². The van der Waals surface area contributed by atoms with Crippen molar-refractivity contribution in [2.45, 2.75) is 202 Å². The molecule has 13 amide bonds. The van der Waals surface area contributed by atoms with Crippen molar-refractivity contribution in [3.8, 4) is 0 Å². The van der Waals surface area contributed by atoms with E-state index in [9.17, 15) is 77.6 Å². The topological polar surface area (TPSA) is 620 Å². The van der Waals surface area contributed by atoms with Crippen LogP contribution in [0.5, 0.6) is 0 Å². The van der Waals surface area contributed by atoms with Crippen LogP contribution < -0.4 is 86.3 Å².